The van der Waals surface area contributed by atoms with Crippen LogP contribution in [-0.2, 0) is 4.79 Å². The fourth-order valence-corrected chi connectivity index (χ4v) is 4.79. The second-order valence-corrected chi connectivity index (χ2v) is 7.43. The number of aliphatic hydroxyl groups is 1. The first-order valence-electron chi connectivity index (χ1n) is 9.28. The van der Waals surface area contributed by atoms with E-state index in [0.717, 1.165) is 32.1 Å². The molecule has 6 heteroatoms. The number of hydrogen-bond acceptors (Lipinski definition) is 5. The maximum Gasteiger partial charge on any atom is 0.243 e. The van der Waals surface area contributed by atoms with E-state index < -0.39 is 6.10 Å². The lowest BCUT2D eigenvalue weighted by molar-refractivity contribution is -0.123. The minimum absolute atomic E-state index is 0.0304. The van der Waals surface area contributed by atoms with Gasteiger partial charge in [-0.15, -0.1) is 0 Å². The molecule has 1 aromatic rings. The normalized spacial score (nSPS) is 35.7. The Balaban J connectivity index is 1.56. The van der Waals surface area contributed by atoms with Crippen LogP contribution in [0.2, 0.25) is 0 Å². The number of nitrogens with one attached hydrogen (secondary N) is 1. The number of carbonyl (C=O) groups excluding carboxylic acids is 1. The zero-order valence-corrected chi connectivity index (χ0v) is 14.0. The molecule has 6 nitrogen and oxygen atoms in total. The first kappa shape index (κ1) is 15.8. The zero-order chi connectivity index (χ0) is 16.5. The van der Waals surface area contributed by atoms with Gasteiger partial charge in [0.05, 0.1) is 12.1 Å². The monoisotopic (exact) mass is 330 g/mol. The van der Waals surface area contributed by atoms with Crippen molar-refractivity contribution in [2.24, 2.45) is 5.92 Å². The lowest BCUT2D eigenvalue weighted by atomic mass is 9.85. The predicted molar refractivity (Wildman–Crippen MR) is 90.5 cm³/mol. The Morgan fingerprint density at radius 2 is 1.92 bits per heavy atom. The highest BCUT2D eigenvalue weighted by Gasteiger charge is 2.46. The van der Waals surface area contributed by atoms with Crippen LogP contribution in [0.3, 0.4) is 0 Å². The number of rotatable bonds is 3. The predicted octanol–water partition coefficient (Wildman–Crippen LogP) is 1.64. The van der Waals surface area contributed by atoms with Gasteiger partial charge in [0.15, 0.2) is 0 Å². The van der Waals surface area contributed by atoms with E-state index in [1.165, 1.54) is 19.3 Å². The third-order valence-electron chi connectivity index (χ3n) is 5.98. The minimum atomic E-state index is -0.404. The summed E-state index contributed by atoms with van der Waals surface area (Å²) >= 11 is 0. The summed E-state index contributed by atoms with van der Waals surface area (Å²) in [6.07, 6.45) is 11.3. The van der Waals surface area contributed by atoms with E-state index >= 15 is 0 Å². The van der Waals surface area contributed by atoms with Gasteiger partial charge in [-0.1, -0.05) is 12.8 Å². The lowest BCUT2D eigenvalue weighted by Crippen LogP contribution is -2.51. The van der Waals surface area contributed by atoms with Crippen molar-refractivity contribution >= 4 is 11.9 Å². The van der Waals surface area contributed by atoms with E-state index in [4.69, 9.17) is 0 Å². The van der Waals surface area contributed by atoms with Crippen molar-refractivity contribution < 1.29 is 9.90 Å². The molecule has 0 radical (unpaired) electrons. The largest absolute Gasteiger partial charge is 0.391 e. The summed E-state index contributed by atoms with van der Waals surface area (Å²) in [6.45, 7) is 0. The van der Waals surface area contributed by atoms with Crippen LogP contribution in [0.15, 0.2) is 18.5 Å². The van der Waals surface area contributed by atoms with Crippen molar-refractivity contribution in [2.75, 3.05) is 4.90 Å². The van der Waals surface area contributed by atoms with Crippen LogP contribution in [0.5, 0.6) is 0 Å². The van der Waals surface area contributed by atoms with Crippen molar-refractivity contribution in [1.29, 1.82) is 0 Å². The van der Waals surface area contributed by atoms with Crippen molar-refractivity contribution in [3.05, 3.63) is 18.5 Å². The Labute approximate surface area is 142 Å². The third kappa shape index (κ3) is 2.88. The molecule has 2 N–H and O–H groups in total. The molecule has 130 valence electrons. The maximum atomic E-state index is 13.0. The summed E-state index contributed by atoms with van der Waals surface area (Å²) in [7, 11) is 0. The zero-order valence-electron chi connectivity index (χ0n) is 14.0. The number of aromatic nitrogens is 2. The number of anilines is 1. The first-order chi connectivity index (χ1) is 11.7. The highest BCUT2D eigenvalue weighted by molar-refractivity contribution is 5.86. The van der Waals surface area contributed by atoms with Gasteiger partial charge in [0.2, 0.25) is 11.9 Å². The highest BCUT2D eigenvalue weighted by Crippen LogP contribution is 2.41. The van der Waals surface area contributed by atoms with Gasteiger partial charge in [0.1, 0.15) is 6.04 Å². The van der Waals surface area contributed by atoms with Crippen molar-refractivity contribution in [1.82, 2.24) is 15.3 Å². The molecular weight excluding hydrogens is 304 g/mol. The molecule has 1 aromatic heterocycles. The lowest BCUT2D eigenvalue weighted by Gasteiger charge is -2.33. The Morgan fingerprint density at radius 1 is 1.12 bits per heavy atom. The van der Waals surface area contributed by atoms with Crippen LogP contribution in [-0.4, -0.2) is 45.2 Å². The Bertz CT molecular complexity index is 582. The second kappa shape index (κ2) is 6.67. The topological polar surface area (TPSA) is 78.4 Å². The van der Waals surface area contributed by atoms with Gasteiger partial charge in [-0.3, -0.25) is 4.79 Å². The van der Waals surface area contributed by atoms with Crippen LogP contribution in [0.4, 0.5) is 5.95 Å². The molecule has 24 heavy (non-hydrogen) atoms. The highest BCUT2D eigenvalue weighted by atomic mass is 16.3. The summed E-state index contributed by atoms with van der Waals surface area (Å²) in [5.41, 5.74) is 0. The van der Waals surface area contributed by atoms with Gasteiger partial charge >= 0.3 is 0 Å². The molecule has 3 aliphatic rings. The second-order valence-electron chi connectivity index (χ2n) is 7.43. The van der Waals surface area contributed by atoms with Gasteiger partial charge in [0.25, 0.3) is 0 Å². The number of aliphatic hydroxyl groups excluding tert-OH is 1. The smallest absolute Gasteiger partial charge is 0.243 e. The van der Waals surface area contributed by atoms with Crippen LogP contribution in [0.25, 0.3) is 0 Å². The fourth-order valence-electron chi connectivity index (χ4n) is 4.79. The van der Waals surface area contributed by atoms with Crippen molar-refractivity contribution in [3.63, 3.8) is 0 Å². The average molecular weight is 330 g/mol. The summed E-state index contributed by atoms with van der Waals surface area (Å²) in [5, 5.41) is 13.1. The van der Waals surface area contributed by atoms with E-state index in [2.05, 4.69) is 20.2 Å². The molecule has 2 aliphatic carbocycles. The van der Waals surface area contributed by atoms with Gasteiger partial charge in [-0.05, 0) is 50.5 Å². The van der Waals surface area contributed by atoms with Gasteiger partial charge in [-0.25, -0.2) is 9.97 Å². The van der Waals surface area contributed by atoms with Crippen LogP contribution in [0, 0.1) is 5.92 Å². The van der Waals surface area contributed by atoms with Crippen LogP contribution >= 0.6 is 0 Å². The van der Waals surface area contributed by atoms with Gasteiger partial charge < -0.3 is 15.3 Å². The molecule has 0 unspecified atom stereocenters. The molecule has 0 bridgehead atoms. The molecule has 2 saturated carbocycles. The molecule has 4 rings (SSSR count). The molecule has 2 heterocycles. The van der Waals surface area contributed by atoms with E-state index in [0.29, 0.717) is 17.9 Å². The number of fused-ring (bicyclic) bond motifs is 1. The number of amides is 1. The molecule has 0 spiro atoms. The number of nitrogens with zero attached hydrogens (tertiary/aromatic N) is 3. The van der Waals surface area contributed by atoms with Gasteiger partial charge in [-0.2, -0.15) is 0 Å². The van der Waals surface area contributed by atoms with Crippen molar-refractivity contribution in [2.45, 2.75) is 75.6 Å². The Kier molecular flexibility index (Phi) is 4.39. The molecule has 1 aliphatic heterocycles. The maximum absolute atomic E-state index is 13.0. The summed E-state index contributed by atoms with van der Waals surface area (Å²) < 4.78 is 0. The molecule has 1 saturated heterocycles. The summed E-state index contributed by atoms with van der Waals surface area (Å²) in [5.74, 6) is 1.24. The standard InChI is InChI=1S/C18H26N4O2/c23-16-8-3-6-13(16)21-17(24)15-11-12-5-1-2-7-14(12)22(15)18-19-9-4-10-20-18/h4,9-10,12-16,23H,1-3,5-8,11H2,(H,21,24)/t12-,13-,14+,15+,16+/m1/s1. The molecule has 5 atom stereocenters. The summed E-state index contributed by atoms with van der Waals surface area (Å²) in [6, 6.07) is 1.86. The van der Waals surface area contributed by atoms with E-state index in [1.807, 2.05) is 6.07 Å². The van der Waals surface area contributed by atoms with E-state index in [-0.39, 0.29) is 18.0 Å². The SMILES string of the molecule is O=C(N[C@@H]1CCC[C@@H]1O)[C@@H]1C[C@H]2CCCC[C@@H]2N1c1ncccn1. The Hall–Kier alpha value is -1.69. The molecule has 1 amide bonds. The number of hydrogen-bond donors (Lipinski definition) is 2. The molecular formula is C18H26N4O2. The number of carbonyl (C=O) groups is 1. The average Bonchev–Trinajstić information content (AvgIpc) is 3.19. The van der Waals surface area contributed by atoms with Gasteiger partial charge in [0, 0.05) is 18.4 Å². The minimum Gasteiger partial charge on any atom is -0.391 e. The quantitative estimate of drug-likeness (QED) is 0.881. The fraction of sp³-hybridized carbons (Fsp3) is 0.722. The molecule has 3 fully saturated rings. The third-order valence-corrected chi connectivity index (χ3v) is 5.98. The van der Waals surface area contributed by atoms with Crippen LogP contribution in [0.1, 0.15) is 51.4 Å². The summed E-state index contributed by atoms with van der Waals surface area (Å²) in [4.78, 5) is 23.9. The van der Waals surface area contributed by atoms with Crippen LogP contribution < -0.4 is 10.2 Å². The van der Waals surface area contributed by atoms with Crippen molar-refractivity contribution in [3.8, 4) is 0 Å². The van der Waals surface area contributed by atoms with E-state index in [9.17, 15) is 9.90 Å². The first-order valence-corrected chi connectivity index (χ1v) is 9.28. The van der Waals surface area contributed by atoms with E-state index in [1.54, 1.807) is 12.4 Å². The Morgan fingerprint density at radius 3 is 2.67 bits per heavy atom. The molecule has 0 aromatic carbocycles.